The number of aliphatic hydroxyl groups is 1. The molecule has 390 valence electrons. The normalized spacial score (nSPS) is 12.9. The first-order valence-electron chi connectivity index (χ1n) is 28.8. The molecule has 0 radical (unpaired) electrons. The third kappa shape index (κ3) is 55.4. The molecule has 0 heterocycles. The summed E-state index contributed by atoms with van der Waals surface area (Å²) >= 11 is 0. The summed E-state index contributed by atoms with van der Waals surface area (Å²) in [4.78, 5) is 24.6. The van der Waals surface area contributed by atoms with Gasteiger partial charge in [-0.3, -0.25) is 9.59 Å². The average Bonchev–Trinajstić information content (AvgIpc) is 3.34. The molecule has 0 fully saturated rings. The minimum atomic E-state index is -0.778. The van der Waals surface area contributed by atoms with E-state index in [4.69, 9.17) is 9.47 Å². The summed E-state index contributed by atoms with van der Waals surface area (Å²) < 4.78 is 10.7. The Kier molecular flexibility index (Phi) is 55.4. The smallest absolute Gasteiger partial charge is 0.306 e. The van der Waals surface area contributed by atoms with Gasteiger partial charge in [0.25, 0.3) is 0 Å². The summed E-state index contributed by atoms with van der Waals surface area (Å²) in [7, 11) is 0. The van der Waals surface area contributed by atoms with E-state index in [1.54, 1.807) is 0 Å². The molecule has 0 aliphatic rings. The summed E-state index contributed by atoms with van der Waals surface area (Å²) in [5.41, 5.74) is 0. The first-order valence-corrected chi connectivity index (χ1v) is 28.8. The predicted octanol–water partition coefficient (Wildman–Crippen LogP) is 19.5. The maximum absolute atomic E-state index is 12.3. The lowest BCUT2D eigenvalue weighted by atomic mass is 10.0. The molecule has 1 N–H and O–H groups in total. The Balaban J connectivity index is 3.48. The van der Waals surface area contributed by atoms with Crippen molar-refractivity contribution in [1.29, 1.82) is 0 Å². The second-order valence-corrected chi connectivity index (χ2v) is 19.0. The number of hydrogen-bond acceptors (Lipinski definition) is 5. The zero-order valence-electron chi connectivity index (χ0n) is 44.6. The van der Waals surface area contributed by atoms with Crippen molar-refractivity contribution in [3.63, 3.8) is 0 Å². The van der Waals surface area contributed by atoms with Gasteiger partial charge in [-0.25, -0.2) is 0 Å². The van der Waals surface area contributed by atoms with E-state index in [1.165, 1.54) is 154 Å². The van der Waals surface area contributed by atoms with Gasteiger partial charge in [0.15, 0.2) is 6.10 Å². The SMILES string of the molecule is CC/C=C\C/C=C\C/C=C\C/C=C\CCCCCCCCCCCCCCCCC(=O)OCC(CO)OC(=O)CCCCCCCCCCCCCCCC/C=C\C/C=C\C/C=C\C/C=C\CC. The molecule has 0 bridgehead atoms. The molecule has 68 heavy (non-hydrogen) atoms. The molecule has 5 nitrogen and oxygen atoms in total. The van der Waals surface area contributed by atoms with Crippen molar-refractivity contribution in [2.45, 2.75) is 277 Å². The average molecular weight is 946 g/mol. The highest BCUT2D eigenvalue weighted by atomic mass is 16.6. The van der Waals surface area contributed by atoms with Crippen LogP contribution in [0.15, 0.2) is 97.2 Å². The molecule has 5 heteroatoms. The molecule has 0 rings (SSSR count). The molecule has 0 aliphatic carbocycles. The molecule has 0 aromatic rings. The van der Waals surface area contributed by atoms with Crippen LogP contribution in [-0.4, -0.2) is 36.4 Å². The fourth-order valence-electron chi connectivity index (χ4n) is 8.13. The number of allylic oxidation sites excluding steroid dienone is 16. The summed E-state index contributed by atoms with van der Waals surface area (Å²) in [5.74, 6) is -0.587. The van der Waals surface area contributed by atoms with Crippen LogP contribution in [0, 0.1) is 0 Å². The van der Waals surface area contributed by atoms with Gasteiger partial charge in [0.05, 0.1) is 6.61 Å². The molecule has 0 amide bonds. The number of aliphatic hydroxyl groups excluding tert-OH is 1. The Morgan fingerprint density at radius 2 is 0.588 bits per heavy atom. The number of hydrogen-bond donors (Lipinski definition) is 1. The van der Waals surface area contributed by atoms with Crippen LogP contribution >= 0.6 is 0 Å². The molecule has 0 aliphatic heterocycles. The Bertz CT molecular complexity index is 1300. The zero-order valence-corrected chi connectivity index (χ0v) is 44.6. The largest absolute Gasteiger partial charge is 0.462 e. The number of carbonyl (C=O) groups is 2. The standard InChI is InChI=1S/C63H108O5/c1-3-5-7-9-11-13-15-17-19-21-23-25-27-29-31-33-35-37-39-41-43-45-47-49-51-53-55-57-62(65)67-60-61(59-64)68-63(66)58-56-54-52-50-48-46-44-42-40-38-36-34-32-30-28-26-24-22-20-18-16-14-12-10-8-6-4-2/h5-8,11-14,17-20,23-26,61,64H,3-4,9-10,15-16,21-22,27-60H2,1-2H3/b7-5-,8-6-,13-11-,14-12-,19-17-,20-18-,25-23-,26-24-. The van der Waals surface area contributed by atoms with Crippen LogP contribution < -0.4 is 0 Å². The van der Waals surface area contributed by atoms with E-state index < -0.39 is 6.10 Å². The Morgan fingerprint density at radius 1 is 0.338 bits per heavy atom. The van der Waals surface area contributed by atoms with Gasteiger partial charge in [0, 0.05) is 12.8 Å². The number of ether oxygens (including phenoxy) is 2. The van der Waals surface area contributed by atoms with Crippen LogP contribution in [0.4, 0.5) is 0 Å². The van der Waals surface area contributed by atoms with Crippen LogP contribution in [0.25, 0.3) is 0 Å². The Morgan fingerprint density at radius 3 is 0.882 bits per heavy atom. The minimum absolute atomic E-state index is 0.0684. The quantitative estimate of drug-likeness (QED) is 0.0374. The lowest BCUT2D eigenvalue weighted by molar-refractivity contribution is -0.161. The van der Waals surface area contributed by atoms with Crippen molar-refractivity contribution in [2.24, 2.45) is 0 Å². The van der Waals surface area contributed by atoms with Gasteiger partial charge in [-0.2, -0.15) is 0 Å². The van der Waals surface area contributed by atoms with Gasteiger partial charge in [-0.15, -0.1) is 0 Å². The number of esters is 2. The van der Waals surface area contributed by atoms with Gasteiger partial charge in [-0.05, 0) is 89.9 Å². The highest BCUT2D eigenvalue weighted by Crippen LogP contribution is 2.16. The van der Waals surface area contributed by atoms with E-state index in [9.17, 15) is 14.7 Å². The van der Waals surface area contributed by atoms with Gasteiger partial charge < -0.3 is 14.6 Å². The number of carbonyl (C=O) groups excluding carboxylic acids is 2. The lowest BCUT2D eigenvalue weighted by Gasteiger charge is -2.15. The minimum Gasteiger partial charge on any atom is -0.462 e. The Labute approximate surface area is 421 Å². The Hall–Kier alpha value is -3.18. The maximum Gasteiger partial charge on any atom is 0.306 e. The fourth-order valence-corrected chi connectivity index (χ4v) is 8.13. The summed E-state index contributed by atoms with van der Waals surface area (Å²) in [6.45, 7) is 3.94. The molecule has 0 saturated carbocycles. The highest BCUT2D eigenvalue weighted by molar-refractivity contribution is 5.70. The van der Waals surface area contributed by atoms with Crippen LogP contribution in [0.2, 0.25) is 0 Å². The number of rotatable bonds is 52. The van der Waals surface area contributed by atoms with Crippen LogP contribution in [-0.2, 0) is 19.1 Å². The van der Waals surface area contributed by atoms with Crippen LogP contribution in [0.5, 0.6) is 0 Å². The first kappa shape index (κ1) is 64.8. The van der Waals surface area contributed by atoms with E-state index in [0.717, 1.165) is 89.9 Å². The molecule has 1 atom stereocenters. The summed E-state index contributed by atoms with van der Waals surface area (Å²) in [6, 6.07) is 0. The molecule has 1 unspecified atom stereocenters. The second kappa shape index (κ2) is 58.1. The monoisotopic (exact) mass is 945 g/mol. The molecular weight excluding hydrogens is 837 g/mol. The second-order valence-electron chi connectivity index (χ2n) is 19.0. The summed E-state index contributed by atoms with van der Waals surface area (Å²) in [6.07, 6.45) is 82.4. The molecule has 0 spiro atoms. The van der Waals surface area contributed by atoms with Crippen molar-refractivity contribution < 1.29 is 24.2 Å². The van der Waals surface area contributed by atoms with Crippen molar-refractivity contribution in [3.05, 3.63) is 97.2 Å². The van der Waals surface area contributed by atoms with E-state index >= 15 is 0 Å². The summed E-state index contributed by atoms with van der Waals surface area (Å²) in [5, 5.41) is 9.66. The topological polar surface area (TPSA) is 72.8 Å². The molecule has 0 saturated heterocycles. The van der Waals surface area contributed by atoms with E-state index in [1.807, 2.05) is 0 Å². The van der Waals surface area contributed by atoms with Gasteiger partial charge in [-0.1, -0.05) is 265 Å². The van der Waals surface area contributed by atoms with Crippen molar-refractivity contribution >= 4 is 11.9 Å². The zero-order chi connectivity index (χ0) is 49.2. The van der Waals surface area contributed by atoms with Crippen molar-refractivity contribution in [3.8, 4) is 0 Å². The van der Waals surface area contributed by atoms with E-state index in [-0.39, 0.29) is 25.2 Å². The van der Waals surface area contributed by atoms with Crippen LogP contribution in [0.1, 0.15) is 271 Å². The van der Waals surface area contributed by atoms with Gasteiger partial charge >= 0.3 is 11.9 Å². The van der Waals surface area contributed by atoms with Gasteiger partial charge in [0.1, 0.15) is 6.61 Å². The van der Waals surface area contributed by atoms with Crippen molar-refractivity contribution in [2.75, 3.05) is 13.2 Å². The molecule has 0 aromatic carbocycles. The highest BCUT2D eigenvalue weighted by Gasteiger charge is 2.16. The maximum atomic E-state index is 12.3. The fraction of sp³-hybridized carbons (Fsp3) is 0.714. The molecular formula is C63H108O5. The van der Waals surface area contributed by atoms with Gasteiger partial charge in [0.2, 0.25) is 0 Å². The number of unbranched alkanes of at least 4 members (excludes halogenated alkanes) is 28. The van der Waals surface area contributed by atoms with Crippen molar-refractivity contribution in [1.82, 2.24) is 0 Å². The third-order valence-electron chi connectivity index (χ3n) is 12.4. The third-order valence-corrected chi connectivity index (χ3v) is 12.4. The first-order chi connectivity index (χ1) is 33.6. The predicted molar refractivity (Wildman–Crippen MR) is 297 cm³/mol. The van der Waals surface area contributed by atoms with E-state index in [2.05, 4.69) is 111 Å². The van der Waals surface area contributed by atoms with E-state index in [0.29, 0.717) is 12.8 Å². The van der Waals surface area contributed by atoms with Crippen LogP contribution in [0.3, 0.4) is 0 Å². The molecule has 0 aromatic heterocycles. The lowest BCUT2D eigenvalue weighted by Crippen LogP contribution is -2.28.